The topological polar surface area (TPSA) is 89.1 Å². The van der Waals surface area contributed by atoms with Gasteiger partial charge in [-0.05, 0) is 18.2 Å². The second-order valence-corrected chi connectivity index (χ2v) is 4.67. The van der Waals surface area contributed by atoms with E-state index in [2.05, 4.69) is 15.4 Å². The number of nitrogens with zero attached hydrogens (tertiary/aromatic N) is 2. The molecule has 2 N–H and O–H groups in total. The van der Waals surface area contributed by atoms with Gasteiger partial charge in [0.05, 0.1) is 13.2 Å². The standard InChI is InChI=1S/C13H11F3N4O3/c14-13(15,16)11-18-12(20-19-11)17-10(21)7-2-3-8-9(6-7)23-5-1-4-22-8/h2-3,6H,1,4-5H2,(H2,17,18,19,20,21). The number of nitrogens with one attached hydrogen (secondary N) is 2. The van der Waals surface area contributed by atoms with Crippen LogP contribution in [0.3, 0.4) is 0 Å². The van der Waals surface area contributed by atoms with Gasteiger partial charge < -0.3 is 9.47 Å². The van der Waals surface area contributed by atoms with Crippen molar-refractivity contribution in [1.82, 2.24) is 15.2 Å². The molecule has 1 aliphatic heterocycles. The Bertz CT molecular complexity index is 729. The van der Waals surface area contributed by atoms with Gasteiger partial charge in [-0.25, -0.2) is 0 Å². The summed E-state index contributed by atoms with van der Waals surface area (Å²) in [6, 6.07) is 4.49. The zero-order chi connectivity index (χ0) is 16.4. The van der Waals surface area contributed by atoms with E-state index in [1.165, 1.54) is 12.1 Å². The third-order valence-electron chi connectivity index (χ3n) is 2.99. The summed E-state index contributed by atoms with van der Waals surface area (Å²) in [5.74, 6) is -1.49. The molecule has 23 heavy (non-hydrogen) atoms. The van der Waals surface area contributed by atoms with E-state index >= 15 is 0 Å². The van der Waals surface area contributed by atoms with Gasteiger partial charge in [-0.3, -0.25) is 15.2 Å². The van der Waals surface area contributed by atoms with Crippen LogP contribution in [-0.2, 0) is 6.18 Å². The Balaban J connectivity index is 1.76. The van der Waals surface area contributed by atoms with Gasteiger partial charge in [0, 0.05) is 12.0 Å². The average molecular weight is 328 g/mol. The smallest absolute Gasteiger partial charge is 0.451 e. The third-order valence-corrected chi connectivity index (χ3v) is 2.99. The van der Waals surface area contributed by atoms with Gasteiger partial charge in [-0.15, -0.1) is 5.10 Å². The first-order valence-corrected chi connectivity index (χ1v) is 6.64. The molecule has 1 amide bonds. The summed E-state index contributed by atoms with van der Waals surface area (Å²) in [5, 5.41) is 7.21. The van der Waals surface area contributed by atoms with E-state index in [4.69, 9.17) is 9.47 Å². The van der Waals surface area contributed by atoms with Crippen molar-refractivity contribution < 1.29 is 27.4 Å². The zero-order valence-corrected chi connectivity index (χ0v) is 11.6. The predicted molar refractivity (Wildman–Crippen MR) is 71.4 cm³/mol. The number of anilines is 1. The Morgan fingerprint density at radius 1 is 1.22 bits per heavy atom. The Morgan fingerprint density at radius 3 is 2.65 bits per heavy atom. The van der Waals surface area contributed by atoms with E-state index in [9.17, 15) is 18.0 Å². The summed E-state index contributed by atoms with van der Waals surface area (Å²) in [5.41, 5.74) is 0.188. The second kappa shape index (κ2) is 5.78. The number of benzene rings is 1. The minimum atomic E-state index is -4.66. The lowest BCUT2D eigenvalue weighted by Crippen LogP contribution is -2.13. The van der Waals surface area contributed by atoms with Crippen molar-refractivity contribution in [3.8, 4) is 11.5 Å². The van der Waals surface area contributed by atoms with Gasteiger partial charge in [-0.1, -0.05) is 0 Å². The highest BCUT2D eigenvalue weighted by atomic mass is 19.4. The highest BCUT2D eigenvalue weighted by Crippen LogP contribution is 2.31. The monoisotopic (exact) mass is 328 g/mol. The highest BCUT2D eigenvalue weighted by Gasteiger charge is 2.35. The number of alkyl halides is 3. The Kier molecular flexibility index (Phi) is 3.80. The summed E-state index contributed by atoms with van der Waals surface area (Å²) in [4.78, 5) is 15.2. The first-order chi connectivity index (χ1) is 10.9. The van der Waals surface area contributed by atoms with E-state index in [-0.39, 0.29) is 5.56 Å². The number of fused-ring (bicyclic) bond motifs is 1. The van der Waals surface area contributed by atoms with Gasteiger partial charge >= 0.3 is 6.18 Å². The van der Waals surface area contributed by atoms with Gasteiger partial charge in [0.15, 0.2) is 11.5 Å². The lowest BCUT2D eigenvalue weighted by Gasteiger charge is -2.08. The van der Waals surface area contributed by atoms with Crippen LogP contribution in [0.1, 0.15) is 22.6 Å². The third kappa shape index (κ3) is 3.35. The molecule has 2 aromatic rings. The number of hydrogen-bond donors (Lipinski definition) is 2. The average Bonchev–Trinajstić information content (AvgIpc) is 2.84. The number of aromatic amines is 1. The molecule has 10 heteroatoms. The lowest BCUT2D eigenvalue weighted by molar-refractivity contribution is -0.144. The van der Waals surface area contributed by atoms with Gasteiger partial charge in [0.25, 0.3) is 5.91 Å². The molecule has 1 aliphatic rings. The van der Waals surface area contributed by atoms with Crippen molar-refractivity contribution in [2.75, 3.05) is 18.5 Å². The van der Waals surface area contributed by atoms with Gasteiger partial charge in [0.1, 0.15) is 0 Å². The maximum Gasteiger partial charge on any atom is 0.451 e. The van der Waals surface area contributed by atoms with Crippen LogP contribution in [0.4, 0.5) is 19.1 Å². The van der Waals surface area contributed by atoms with Crippen LogP contribution in [0, 0.1) is 0 Å². The summed E-state index contributed by atoms with van der Waals surface area (Å²) in [6.07, 6.45) is -3.95. The molecule has 2 heterocycles. The van der Waals surface area contributed by atoms with Crippen LogP contribution in [0.2, 0.25) is 0 Å². The normalized spacial score (nSPS) is 14.2. The molecule has 3 rings (SSSR count). The lowest BCUT2D eigenvalue weighted by atomic mass is 10.2. The predicted octanol–water partition coefficient (Wildman–Crippen LogP) is 2.24. The fourth-order valence-corrected chi connectivity index (χ4v) is 1.92. The number of H-pyrrole nitrogens is 1. The molecule has 0 aliphatic carbocycles. The molecule has 0 saturated heterocycles. The number of aromatic nitrogens is 3. The van der Waals surface area contributed by atoms with Crippen LogP contribution in [0.5, 0.6) is 11.5 Å². The molecule has 0 atom stereocenters. The molecule has 0 saturated carbocycles. The maximum atomic E-state index is 12.4. The van der Waals surface area contributed by atoms with Crippen LogP contribution in [-0.4, -0.2) is 34.3 Å². The number of hydrogen-bond acceptors (Lipinski definition) is 5. The minimum absolute atomic E-state index is 0.188. The molecule has 0 spiro atoms. The maximum absolute atomic E-state index is 12.4. The van der Waals surface area contributed by atoms with Crippen molar-refractivity contribution >= 4 is 11.9 Å². The zero-order valence-electron chi connectivity index (χ0n) is 11.6. The first kappa shape index (κ1) is 15.1. The van der Waals surface area contributed by atoms with E-state index in [1.807, 2.05) is 0 Å². The van der Waals surface area contributed by atoms with Crippen molar-refractivity contribution in [3.05, 3.63) is 29.6 Å². The van der Waals surface area contributed by atoms with Crippen LogP contribution in [0.15, 0.2) is 18.2 Å². The summed E-state index contributed by atoms with van der Waals surface area (Å²) >= 11 is 0. The number of carbonyl (C=O) groups excluding carboxylic acids is 1. The van der Waals surface area contributed by atoms with Crippen molar-refractivity contribution in [2.24, 2.45) is 0 Å². The molecular formula is C13H11F3N4O3. The molecule has 7 nitrogen and oxygen atoms in total. The minimum Gasteiger partial charge on any atom is -0.490 e. The number of rotatable bonds is 2. The summed E-state index contributed by atoms with van der Waals surface area (Å²) in [7, 11) is 0. The molecule has 0 bridgehead atoms. The summed E-state index contributed by atoms with van der Waals surface area (Å²) < 4.78 is 48.1. The van der Waals surface area contributed by atoms with Crippen molar-refractivity contribution in [3.63, 3.8) is 0 Å². The Morgan fingerprint density at radius 2 is 1.96 bits per heavy atom. The Labute approximate surface area is 127 Å². The second-order valence-electron chi connectivity index (χ2n) is 4.67. The molecule has 0 radical (unpaired) electrons. The molecular weight excluding hydrogens is 317 g/mol. The van der Waals surface area contributed by atoms with Gasteiger partial charge in [-0.2, -0.15) is 18.2 Å². The van der Waals surface area contributed by atoms with Crippen LogP contribution in [0.25, 0.3) is 0 Å². The van der Waals surface area contributed by atoms with Crippen molar-refractivity contribution in [2.45, 2.75) is 12.6 Å². The van der Waals surface area contributed by atoms with Crippen LogP contribution < -0.4 is 14.8 Å². The number of halogens is 3. The molecule has 122 valence electrons. The van der Waals surface area contributed by atoms with E-state index in [0.717, 1.165) is 0 Å². The Hall–Kier alpha value is -2.78. The van der Waals surface area contributed by atoms with E-state index in [0.29, 0.717) is 31.1 Å². The molecule has 0 unspecified atom stereocenters. The highest BCUT2D eigenvalue weighted by molar-refractivity contribution is 6.03. The van der Waals surface area contributed by atoms with Gasteiger partial charge in [0.2, 0.25) is 11.8 Å². The molecule has 1 aromatic heterocycles. The number of ether oxygens (including phenoxy) is 2. The SMILES string of the molecule is O=C(Nc1n[nH]c(C(F)(F)F)n1)c1ccc2c(c1)OCCCO2. The molecule has 0 fully saturated rings. The summed E-state index contributed by atoms with van der Waals surface area (Å²) in [6.45, 7) is 0.962. The fraction of sp³-hybridized carbons (Fsp3) is 0.308. The van der Waals surface area contributed by atoms with Crippen molar-refractivity contribution in [1.29, 1.82) is 0 Å². The number of carbonyl (C=O) groups is 1. The quantitative estimate of drug-likeness (QED) is 0.882. The van der Waals surface area contributed by atoms with E-state index < -0.39 is 23.9 Å². The first-order valence-electron chi connectivity index (χ1n) is 6.64. The fourth-order valence-electron chi connectivity index (χ4n) is 1.92. The largest absolute Gasteiger partial charge is 0.490 e. The van der Waals surface area contributed by atoms with E-state index in [1.54, 1.807) is 11.2 Å². The number of amides is 1. The molecule has 1 aromatic carbocycles. The van der Waals surface area contributed by atoms with Crippen LogP contribution >= 0.6 is 0 Å².